The lowest BCUT2D eigenvalue weighted by molar-refractivity contribution is 1.14. The summed E-state index contributed by atoms with van der Waals surface area (Å²) < 4.78 is 0. The first-order chi connectivity index (χ1) is 11.6. The Morgan fingerprint density at radius 1 is 1.08 bits per heavy atom. The Bertz CT molecular complexity index is 925. The van der Waals surface area contributed by atoms with Crippen molar-refractivity contribution < 1.29 is 0 Å². The van der Waals surface area contributed by atoms with Gasteiger partial charge in [0, 0.05) is 16.1 Å². The van der Waals surface area contributed by atoms with E-state index in [1.165, 1.54) is 5.56 Å². The van der Waals surface area contributed by atoms with E-state index in [0.717, 1.165) is 28.8 Å². The summed E-state index contributed by atoms with van der Waals surface area (Å²) in [6.45, 7) is 2.12. The topological polar surface area (TPSA) is 62.7 Å². The van der Waals surface area contributed by atoms with Gasteiger partial charge in [-0.15, -0.1) is 0 Å². The summed E-state index contributed by atoms with van der Waals surface area (Å²) >= 11 is 6.09. The van der Waals surface area contributed by atoms with Crippen LogP contribution < -0.4 is 5.73 Å². The average Bonchev–Trinajstić information content (AvgIpc) is 2.61. The van der Waals surface area contributed by atoms with Crippen LogP contribution in [0.25, 0.3) is 22.4 Å². The van der Waals surface area contributed by atoms with Gasteiger partial charge in [0.05, 0.1) is 5.69 Å². The molecule has 24 heavy (non-hydrogen) atoms. The van der Waals surface area contributed by atoms with Gasteiger partial charge in [-0.1, -0.05) is 54.9 Å². The van der Waals surface area contributed by atoms with E-state index in [1.54, 1.807) is 6.07 Å². The molecule has 2 N–H and O–H groups in total. The molecule has 0 aliphatic rings. The first-order valence-corrected chi connectivity index (χ1v) is 8.06. The third kappa shape index (κ3) is 3.10. The van der Waals surface area contributed by atoms with Crippen LogP contribution in [0.3, 0.4) is 0 Å². The van der Waals surface area contributed by atoms with Crippen LogP contribution in [0, 0.1) is 11.3 Å². The molecule has 0 saturated carbocycles. The summed E-state index contributed by atoms with van der Waals surface area (Å²) in [6.07, 6.45) is 0.983. The summed E-state index contributed by atoms with van der Waals surface area (Å²) in [6, 6.07) is 19.6. The third-order valence-corrected chi connectivity index (χ3v) is 4.19. The Hall–Kier alpha value is -2.83. The highest BCUT2D eigenvalue weighted by molar-refractivity contribution is 6.30. The molecule has 1 aromatic heterocycles. The van der Waals surface area contributed by atoms with E-state index in [9.17, 15) is 5.26 Å². The largest absolute Gasteiger partial charge is 0.383 e. The maximum absolute atomic E-state index is 9.46. The number of rotatable bonds is 3. The standard InChI is InChI=1S/C20H16ClN3/c1-2-13-6-8-14(9-7-13)19-11-17(18(12-22)20(23)24-19)15-4-3-5-16(21)10-15/h3-11H,2H2,1H3,(H2,23,24). The van der Waals surface area contributed by atoms with E-state index in [0.29, 0.717) is 10.6 Å². The van der Waals surface area contributed by atoms with Crippen molar-refractivity contribution >= 4 is 17.4 Å². The first kappa shape index (κ1) is 16.0. The summed E-state index contributed by atoms with van der Waals surface area (Å²) in [5, 5.41) is 10.1. The minimum atomic E-state index is 0.226. The van der Waals surface area contributed by atoms with Gasteiger partial charge in [-0.3, -0.25) is 0 Å². The minimum absolute atomic E-state index is 0.226. The van der Waals surface area contributed by atoms with Crippen LogP contribution in [0.2, 0.25) is 5.02 Å². The molecule has 3 aromatic rings. The highest BCUT2D eigenvalue weighted by atomic mass is 35.5. The predicted molar refractivity (Wildman–Crippen MR) is 98.6 cm³/mol. The lowest BCUT2D eigenvalue weighted by Gasteiger charge is -2.11. The molecule has 0 fully saturated rings. The number of hydrogen-bond acceptors (Lipinski definition) is 3. The minimum Gasteiger partial charge on any atom is -0.383 e. The molecule has 0 amide bonds. The van der Waals surface area contributed by atoms with E-state index in [4.69, 9.17) is 17.3 Å². The molecule has 118 valence electrons. The molecule has 1 heterocycles. The molecule has 0 atom stereocenters. The third-order valence-electron chi connectivity index (χ3n) is 3.95. The lowest BCUT2D eigenvalue weighted by Crippen LogP contribution is -1.99. The fraction of sp³-hybridized carbons (Fsp3) is 0.100. The van der Waals surface area contributed by atoms with Crippen molar-refractivity contribution in [3.63, 3.8) is 0 Å². The number of aromatic nitrogens is 1. The zero-order valence-corrected chi connectivity index (χ0v) is 14.0. The summed E-state index contributed by atoms with van der Waals surface area (Å²) in [5.41, 5.74) is 11.0. The molecular formula is C20H16ClN3. The molecule has 0 bridgehead atoms. The number of anilines is 1. The Balaban J connectivity index is 2.18. The second-order valence-corrected chi connectivity index (χ2v) is 5.92. The number of nitriles is 1. The number of nitrogens with two attached hydrogens (primary N) is 1. The molecular weight excluding hydrogens is 318 g/mol. The van der Waals surface area contributed by atoms with E-state index in [-0.39, 0.29) is 5.82 Å². The Morgan fingerprint density at radius 2 is 1.83 bits per heavy atom. The van der Waals surface area contributed by atoms with Gasteiger partial charge in [0.25, 0.3) is 0 Å². The number of pyridine rings is 1. The monoisotopic (exact) mass is 333 g/mol. The van der Waals surface area contributed by atoms with Crippen LogP contribution in [-0.2, 0) is 6.42 Å². The number of nitrogens with zero attached hydrogens (tertiary/aromatic N) is 2. The van der Waals surface area contributed by atoms with Crippen molar-refractivity contribution in [2.75, 3.05) is 5.73 Å². The molecule has 2 aromatic carbocycles. The van der Waals surface area contributed by atoms with Gasteiger partial charge < -0.3 is 5.73 Å². The van der Waals surface area contributed by atoms with Crippen LogP contribution in [0.15, 0.2) is 54.6 Å². The van der Waals surface area contributed by atoms with Crippen LogP contribution >= 0.6 is 11.6 Å². The Labute approximate surface area is 146 Å². The van der Waals surface area contributed by atoms with E-state index >= 15 is 0 Å². The SMILES string of the molecule is CCc1ccc(-c2cc(-c3cccc(Cl)c3)c(C#N)c(N)n2)cc1. The van der Waals surface area contributed by atoms with Crippen molar-refractivity contribution in [1.82, 2.24) is 4.98 Å². The van der Waals surface area contributed by atoms with Gasteiger partial charge in [0.2, 0.25) is 0 Å². The Kier molecular flexibility index (Phi) is 4.50. The maximum Gasteiger partial charge on any atom is 0.142 e. The van der Waals surface area contributed by atoms with Gasteiger partial charge in [0.15, 0.2) is 0 Å². The molecule has 4 heteroatoms. The van der Waals surface area contributed by atoms with Crippen LogP contribution in [0.1, 0.15) is 18.1 Å². The second-order valence-electron chi connectivity index (χ2n) is 5.49. The van der Waals surface area contributed by atoms with Gasteiger partial charge in [-0.2, -0.15) is 5.26 Å². The maximum atomic E-state index is 9.46. The van der Waals surface area contributed by atoms with Crippen molar-refractivity contribution in [2.45, 2.75) is 13.3 Å². The van der Waals surface area contributed by atoms with Crippen LogP contribution in [-0.4, -0.2) is 4.98 Å². The number of aryl methyl sites for hydroxylation is 1. The van der Waals surface area contributed by atoms with E-state index in [1.807, 2.05) is 36.4 Å². The van der Waals surface area contributed by atoms with Gasteiger partial charge in [-0.25, -0.2) is 4.98 Å². The number of nitrogen functional groups attached to an aromatic ring is 1. The number of halogens is 1. The zero-order chi connectivity index (χ0) is 17.1. The van der Waals surface area contributed by atoms with E-state index < -0.39 is 0 Å². The molecule has 0 unspecified atom stereocenters. The van der Waals surface area contributed by atoms with E-state index in [2.05, 4.69) is 30.1 Å². The molecule has 0 aliphatic heterocycles. The average molecular weight is 334 g/mol. The number of hydrogen-bond donors (Lipinski definition) is 1. The summed E-state index contributed by atoms with van der Waals surface area (Å²) in [5.74, 6) is 0.226. The summed E-state index contributed by atoms with van der Waals surface area (Å²) in [4.78, 5) is 4.40. The lowest BCUT2D eigenvalue weighted by atomic mass is 9.98. The summed E-state index contributed by atoms with van der Waals surface area (Å²) in [7, 11) is 0. The van der Waals surface area contributed by atoms with Crippen molar-refractivity contribution in [1.29, 1.82) is 5.26 Å². The zero-order valence-electron chi connectivity index (χ0n) is 13.3. The molecule has 0 spiro atoms. The quantitative estimate of drug-likeness (QED) is 0.726. The second kappa shape index (κ2) is 6.74. The van der Waals surface area contributed by atoms with Gasteiger partial charge in [-0.05, 0) is 35.7 Å². The fourth-order valence-corrected chi connectivity index (χ4v) is 2.82. The van der Waals surface area contributed by atoms with Crippen molar-refractivity contribution in [2.24, 2.45) is 0 Å². The van der Waals surface area contributed by atoms with Crippen molar-refractivity contribution in [3.8, 4) is 28.5 Å². The molecule has 0 radical (unpaired) electrons. The highest BCUT2D eigenvalue weighted by Gasteiger charge is 2.13. The first-order valence-electron chi connectivity index (χ1n) is 7.68. The Morgan fingerprint density at radius 3 is 2.46 bits per heavy atom. The molecule has 0 aliphatic carbocycles. The molecule has 0 saturated heterocycles. The van der Waals surface area contributed by atoms with Crippen LogP contribution in [0.5, 0.6) is 0 Å². The molecule has 3 nitrogen and oxygen atoms in total. The van der Waals surface area contributed by atoms with Gasteiger partial charge >= 0.3 is 0 Å². The predicted octanol–water partition coefficient (Wildman–Crippen LogP) is 5.09. The smallest absolute Gasteiger partial charge is 0.142 e. The van der Waals surface area contributed by atoms with Crippen LogP contribution in [0.4, 0.5) is 5.82 Å². The van der Waals surface area contributed by atoms with Gasteiger partial charge in [0.1, 0.15) is 17.5 Å². The molecule has 3 rings (SSSR count). The highest BCUT2D eigenvalue weighted by Crippen LogP contribution is 2.32. The van der Waals surface area contributed by atoms with Crippen molar-refractivity contribution in [3.05, 3.63) is 70.7 Å². The normalized spacial score (nSPS) is 10.4. The number of benzene rings is 2. The fourth-order valence-electron chi connectivity index (χ4n) is 2.63.